The quantitative estimate of drug-likeness (QED) is 0.340. The lowest BCUT2D eigenvalue weighted by molar-refractivity contribution is -0.137. The molecule has 33 heavy (non-hydrogen) atoms. The van der Waals surface area contributed by atoms with Crippen LogP contribution in [0.2, 0.25) is 0 Å². The molecule has 0 aliphatic carbocycles. The van der Waals surface area contributed by atoms with Crippen molar-refractivity contribution in [3.05, 3.63) is 95.5 Å². The first kappa shape index (κ1) is 23.0. The van der Waals surface area contributed by atoms with Gasteiger partial charge in [-0.2, -0.15) is 13.2 Å². The van der Waals surface area contributed by atoms with E-state index in [4.69, 9.17) is 4.74 Å². The van der Waals surface area contributed by atoms with E-state index in [9.17, 15) is 21.6 Å². The van der Waals surface area contributed by atoms with Crippen molar-refractivity contribution < 1.29 is 26.3 Å². The van der Waals surface area contributed by atoms with Crippen LogP contribution in [0.4, 0.5) is 13.2 Å². The summed E-state index contributed by atoms with van der Waals surface area (Å²) in [6.07, 6.45) is -2.82. The van der Waals surface area contributed by atoms with Crippen molar-refractivity contribution in [3.8, 4) is 22.1 Å². The van der Waals surface area contributed by atoms with E-state index < -0.39 is 21.8 Å². The predicted molar refractivity (Wildman–Crippen MR) is 120 cm³/mol. The Hall–Kier alpha value is -3.21. The smallest absolute Gasteiger partial charge is 0.416 e. The molecule has 1 heterocycles. The van der Waals surface area contributed by atoms with E-state index in [1.165, 1.54) is 41.7 Å². The molecule has 1 aromatic heterocycles. The van der Waals surface area contributed by atoms with Crippen LogP contribution in [-0.2, 0) is 22.7 Å². The minimum Gasteiger partial charge on any atom is -0.431 e. The second kappa shape index (κ2) is 9.34. The molecule has 0 amide bonds. The van der Waals surface area contributed by atoms with Crippen LogP contribution in [0.25, 0.3) is 11.1 Å². The average Bonchev–Trinajstić information content (AvgIpc) is 3.31. The summed E-state index contributed by atoms with van der Waals surface area (Å²) in [5.41, 5.74) is 0.796. The molecule has 0 bridgehead atoms. The van der Waals surface area contributed by atoms with Gasteiger partial charge in [-0.1, -0.05) is 47.7 Å². The fourth-order valence-corrected chi connectivity index (χ4v) is 4.52. The monoisotopic (exact) mass is 490 g/mol. The number of nitrogens with one attached hydrogen (secondary N) is 1. The fraction of sp³-hybridized carbons (Fsp3) is 0.0870. The predicted octanol–water partition coefficient (Wildman–Crippen LogP) is 6.10. The van der Waals surface area contributed by atoms with Gasteiger partial charge in [-0.15, -0.1) is 0 Å². The van der Waals surface area contributed by atoms with Crippen LogP contribution < -0.4 is 9.46 Å². The largest absolute Gasteiger partial charge is 0.431 e. The lowest BCUT2D eigenvalue weighted by atomic mass is 10.0. The van der Waals surface area contributed by atoms with Crippen molar-refractivity contribution in [2.45, 2.75) is 17.6 Å². The highest BCUT2D eigenvalue weighted by Crippen LogP contribution is 2.32. The van der Waals surface area contributed by atoms with Gasteiger partial charge in [-0.25, -0.2) is 18.1 Å². The van der Waals surface area contributed by atoms with Crippen LogP contribution in [-0.4, -0.2) is 13.4 Å². The number of benzene rings is 3. The molecule has 0 saturated carbocycles. The van der Waals surface area contributed by atoms with Crippen LogP contribution in [0.15, 0.2) is 89.3 Å². The Morgan fingerprint density at radius 3 is 2.30 bits per heavy atom. The van der Waals surface area contributed by atoms with E-state index in [2.05, 4.69) is 9.71 Å². The highest BCUT2D eigenvalue weighted by molar-refractivity contribution is 7.89. The maximum atomic E-state index is 12.9. The van der Waals surface area contributed by atoms with E-state index in [-0.39, 0.29) is 11.4 Å². The molecule has 0 aliphatic heterocycles. The second-order valence-corrected chi connectivity index (χ2v) is 9.60. The first-order chi connectivity index (χ1) is 15.7. The van der Waals surface area contributed by atoms with Gasteiger partial charge in [0.2, 0.25) is 10.0 Å². The van der Waals surface area contributed by atoms with Crippen molar-refractivity contribution in [1.29, 1.82) is 0 Å². The van der Waals surface area contributed by atoms with Gasteiger partial charge < -0.3 is 4.74 Å². The lowest BCUT2D eigenvalue weighted by Gasteiger charge is -2.10. The molecule has 1 N–H and O–H groups in total. The van der Waals surface area contributed by atoms with Gasteiger partial charge >= 0.3 is 6.18 Å². The Bertz CT molecular complexity index is 1320. The average molecular weight is 491 g/mol. The molecule has 10 heteroatoms. The molecular formula is C23H17F3N2O3S2. The molecule has 3 aromatic carbocycles. The highest BCUT2D eigenvalue weighted by Gasteiger charge is 2.30. The SMILES string of the molecule is O=S(=O)(NCc1ccc(Oc2nccs2)cc1)c1ccc(-c2cccc(C(F)(F)F)c2)cc1. The molecular weight excluding hydrogens is 473 g/mol. The molecule has 0 saturated heterocycles. The number of alkyl halides is 3. The second-order valence-electron chi connectivity index (χ2n) is 6.97. The number of aromatic nitrogens is 1. The van der Waals surface area contributed by atoms with Crippen LogP contribution >= 0.6 is 11.3 Å². The van der Waals surface area contributed by atoms with Gasteiger partial charge in [0.05, 0.1) is 10.5 Å². The number of ether oxygens (including phenoxy) is 1. The Labute approximate surface area is 192 Å². The summed E-state index contributed by atoms with van der Waals surface area (Å²) in [6, 6.07) is 17.5. The zero-order chi connectivity index (χ0) is 23.5. The summed E-state index contributed by atoms with van der Waals surface area (Å²) in [7, 11) is -3.81. The highest BCUT2D eigenvalue weighted by atomic mass is 32.2. The lowest BCUT2D eigenvalue weighted by Crippen LogP contribution is -2.23. The molecule has 0 aliphatic rings. The number of hydrogen-bond acceptors (Lipinski definition) is 5. The molecule has 170 valence electrons. The number of rotatable bonds is 7. The van der Waals surface area contributed by atoms with Gasteiger partial charge in [0.1, 0.15) is 5.75 Å². The molecule has 5 nitrogen and oxygen atoms in total. The van der Waals surface area contributed by atoms with Crippen LogP contribution in [0.3, 0.4) is 0 Å². The number of nitrogens with zero attached hydrogens (tertiary/aromatic N) is 1. The molecule has 4 rings (SSSR count). The zero-order valence-corrected chi connectivity index (χ0v) is 18.5. The zero-order valence-electron chi connectivity index (χ0n) is 16.9. The topological polar surface area (TPSA) is 68.3 Å². The minimum absolute atomic E-state index is 0.0157. The van der Waals surface area contributed by atoms with E-state index in [0.717, 1.165) is 17.7 Å². The van der Waals surface area contributed by atoms with Crippen LogP contribution in [0.5, 0.6) is 10.9 Å². The summed E-state index contributed by atoms with van der Waals surface area (Å²) in [5.74, 6) is 0.585. The fourth-order valence-electron chi connectivity index (χ4n) is 3.00. The summed E-state index contributed by atoms with van der Waals surface area (Å²) in [4.78, 5) is 4.05. The molecule has 0 atom stereocenters. The normalized spacial score (nSPS) is 12.0. The Morgan fingerprint density at radius 2 is 1.67 bits per heavy atom. The van der Waals surface area contributed by atoms with Crippen molar-refractivity contribution in [2.24, 2.45) is 0 Å². The van der Waals surface area contributed by atoms with E-state index in [0.29, 0.717) is 22.1 Å². The third kappa shape index (κ3) is 5.78. The third-order valence-electron chi connectivity index (χ3n) is 4.69. The van der Waals surface area contributed by atoms with Gasteiger partial charge in [0.25, 0.3) is 5.19 Å². The maximum absolute atomic E-state index is 12.9. The van der Waals surface area contributed by atoms with Gasteiger partial charge in [0.15, 0.2) is 0 Å². The van der Waals surface area contributed by atoms with E-state index in [1.807, 2.05) is 0 Å². The number of thiazole rings is 1. The number of halogens is 3. The summed E-state index contributed by atoms with van der Waals surface area (Å²) < 4.78 is 72.2. The van der Waals surface area contributed by atoms with Crippen molar-refractivity contribution in [3.63, 3.8) is 0 Å². The first-order valence-corrected chi connectivity index (χ1v) is 12.0. The number of sulfonamides is 1. The Morgan fingerprint density at radius 1 is 0.939 bits per heavy atom. The first-order valence-electron chi connectivity index (χ1n) is 9.64. The number of hydrogen-bond donors (Lipinski definition) is 1. The van der Waals surface area contributed by atoms with Crippen LogP contribution in [0, 0.1) is 0 Å². The van der Waals surface area contributed by atoms with Gasteiger partial charge in [-0.05, 0) is 53.1 Å². The summed E-state index contributed by atoms with van der Waals surface area (Å²) in [6.45, 7) is 0.0647. The van der Waals surface area contributed by atoms with E-state index >= 15 is 0 Å². The molecule has 0 fully saturated rings. The molecule has 0 unspecified atom stereocenters. The van der Waals surface area contributed by atoms with E-state index in [1.54, 1.807) is 41.9 Å². The Balaban J connectivity index is 1.41. The van der Waals surface area contributed by atoms with Crippen molar-refractivity contribution in [1.82, 2.24) is 9.71 Å². The Kier molecular flexibility index (Phi) is 6.50. The van der Waals surface area contributed by atoms with Crippen LogP contribution in [0.1, 0.15) is 11.1 Å². The summed E-state index contributed by atoms with van der Waals surface area (Å²) in [5, 5.41) is 2.31. The maximum Gasteiger partial charge on any atom is 0.416 e. The summed E-state index contributed by atoms with van der Waals surface area (Å²) >= 11 is 1.36. The molecule has 0 radical (unpaired) electrons. The molecule has 0 spiro atoms. The molecule has 4 aromatic rings. The third-order valence-corrected chi connectivity index (χ3v) is 6.76. The van der Waals surface area contributed by atoms with Crippen molar-refractivity contribution >= 4 is 21.4 Å². The standard InChI is InChI=1S/C23H17F3N2O3S2/c24-23(25,26)19-3-1-2-18(14-19)17-6-10-21(11-7-17)33(29,30)28-15-16-4-8-20(9-5-16)31-22-27-12-13-32-22/h1-14,28H,15H2. The van der Waals surface area contributed by atoms with Crippen molar-refractivity contribution in [2.75, 3.05) is 0 Å². The van der Waals surface area contributed by atoms with Gasteiger partial charge in [-0.3, -0.25) is 0 Å². The van der Waals surface area contributed by atoms with Gasteiger partial charge in [0, 0.05) is 18.1 Å². The minimum atomic E-state index is -4.45.